The zero-order chi connectivity index (χ0) is 17.5. The number of hydrogen-bond donors (Lipinski definition) is 0. The molecular formula is C18H14F2O4. The summed E-state index contributed by atoms with van der Waals surface area (Å²) in [5, 5.41) is 0. The predicted molar refractivity (Wildman–Crippen MR) is 83.7 cm³/mol. The van der Waals surface area contributed by atoms with E-state index in [1.165, 1.54) is 37.5 Å². The SMILES string of the molecule is COc1ccc(/C=C/C(=O)OCC(=O)c2ccc(F)cc2)cc1F. The average molecular weight is 332 g/mol. The van der Waals surface area contributed by atoms with Crippen LogP contribution in [0.15, 0.2) is 48.5 Å². The number of ether oxygens (including phenoxy) is 2. The molecule has 0 aliphatic heterocycles. The van der Waals surface area contributed by atoms with E-state index < -0.39 is 30.0 Å². The lowest BCUT2D eigenvalue weighted by molar-refractivity contribution is -0.136. The fourth-order valence-corrected chi connectivity index (χ4v) is 1.85. The predicted octanol–water partition coefficient (Wildman–Crippen LogP) is 3.41. The summed E-state index contributed by atoms with van der Waals surface area (Å²) in [4.78, 5) is 23.3. The number of hydrogen-bond acceptors (Lipinski definition) is 4. The molecule has 2 rings (SSSR count). The van der Waals surface area contributed by atoms with E-state index in [9.17, 15) is 18.4 Å². The van der Waals surface area contributed by atoms with E-state index in [0.717, 1.165) is 18.2 Å². The summed E-state index contributed by atoms with van der Waals surface area (Å²) in [5.74, 6) is -2.12. The molecule has 0 unspecified atom stereocenters. The number of carbonyl (C=O) groups excluding carboxylic acids is 2. The van der Waals surface area contributed by atoms with Crippen LogP contribution in [-0.2, 0) is 9.53 Å². The van der Waals surface area contributed by atoms with Crippen molar-refractivity contribution >= 4 is 17.8 Å². The zero-order valence-corrected chi connectivity index (χ0v) is 12.8. The Kier molecular flexibility index (Phi) is 5.78. The minimum atomic E-state index is -0.748. The van der Waals surface area contributed by atoms with Crippen molar-refractivity contribution in [3.8, 4) is 5.75 Å². The number of rotatable bonds is 6. The lowest BCUT2D eigenvalue weighted by atomic mass is 10.1. The molecular weight excluding hydrogens is 318 g/mol. The summed E-state index contributed by atoms with van der Waals surface area (Å²) in [7, 11) is 1.35. The summed E-state index contributed by atoms with van der Waals surface area (Å²) < 4.78 is 35.8. The fraction of sp³-hybridized carbons (Fsp3) is 0.111. The Balaban J connectivity index is 1.89. The number of halogens is 2. The second-order valence-electron chi connectivity index (χ2n) is 4.77. The molecule has 0 atom stereocenters. The van der Waals surface area contributed by atoms with Crippen LogP contribution in [0.4, 0.5) is 8.78 Å². The van der Waals surface area contributed by atoms with Gasteiger partial charge in [-0.1, -0.05) is 6.07 Å². The molecule has 24 heavy (non-hydrogen) atoms. The van der Waals surface area contributed by atoms with Gasteiger partial charge < -0.3 is 9.47 Å². The Morgan fingerprint density at radius 3 is 2.42 bits per heavy atom. The molecule has 124 valence electrons. The third kappa shape index (κ3) is 4.74. The first-order chi connectivity index (χ1) is 11.5. The summed E-state index contributed by atoms with van der Waals surface area (Å²) in [6.45, 7) is -0.466. The van der Waals surface area contributed by atoms with Gasteiger partial charge >= 0.3 is 5.97 Å². The van der Waals surface area contributed by atoms with Gasteiger partial charge in [-0.2, -0.15) is 0 Å². The normalized spacial score (nSPS) is 10.6. The van der Waals surface area contributed by atoms with Gasteiger partial charge in [-0.15, -0.1) is 0 Å². The van der Waals surface area contributed by atoms with Crippen LogP contribution in [0.3, 0.4) is 0 Å². The Morgan fingerprint density at radius 1 is 1.08 bits per heavy atom. The standard InChI is InChI=1S/C18H14F2O4/c1-23-17-8-2-12(10-15(17)20)3-9-18(22)24-11-16(21)13-4-6-14(19)7-5-13/h2-10H,11H2,1H3/b9-3+. The molecule has 2 aromatic rings. The Hall–Kier alpha value is -3.02. The molecule has 0 aliphatic carbocycles. The summed E-state index contributed by atoms with van der Waals surface area (Å²) >= 11 is 0. The van der Waals surface area contributed by atoms with Gasteiger partial charge in [0.15, 0.2) is 24.0 Å². The number of benzene rings is 2. The van der Waals surface area contributed by atoms with Crippen molar-refractivity contribution in [2.75, 3.05) is 13.7 Å². The van der Waals surface area contributed by atoms with E-state index in [0.29, 0.717) is 5.56 Å². The van der Waals surface area contributed by atoms with Crippen molar-refractivity contribution in [3.05, 3.63) is 71.3 Å². The topological polar surface area (TPSA) is 52.6 Å². The van der Waals surface area contributed by atoms with Gasteiger partial charge in [-0.3, -0.25) is 4.79 Å². The van der Waals surface area contributed by atoms with Gasteiger partial charge in [0.25, 0.3) is 0 Å². The summed E-state index contributed by atoms with van der Waals surface area (Å²) in [6, 6.07) is 9.10. The maximum atomic E-state index is 13.5. The van der Waals surface area contributed by atoms with Crippen LogP contribution in [0.25, 0.3) is 6.08 Å². The molecule has 2 aromatic carbocycles. The van der Waals surface area contributed by atoms with Crippen LogP contribution >= 0.6 is 0 Å². The molecule has 4 nitrogen and oxygen atoms in total. The van der Waals surface area contributed by atoms with Crippen LogP contribution in [0.1, 0.15) is 15.9 Å². The van der Waals surface area contributed by atoms with Crippen LogP contribution in [0, 0.1) is 11.6 Å². The van der Waals surface area contributed by atoms with Crippen molar-refractivity contribution in [1.29, 1.82) is 0 Å². The second kappa shape index (κ2) is 8.01. The van der Waals surface area contributed by atoms with E-state index in [1.54, 1.807) is 6.07 Å². The third-order valence-electron chi connectivity index (χ3n) is 3.10. The van der Waals surface area contributed by atoms with Gasteiger partial charge in [-0.25, -0.2) is 13.6 Å². The lowest BCUT2D eigenvalue weighted by Gasteiger charge is -2.03. The first-order valence-corrected chi connectivity index (χ1v) is 6.97. The zero-order valence-electron chi connectivity index (χ0n) is 12.8. The van der Waals surface area contributed by atoms with Gasteiger partial charge in [0, 0.05) is 11.6 Å². The first kappa shape index (κ1) is 17.3. The van der Waals surface area contributed by atoms with E-state index in [4.69, 9.17) is 9.47 Å². The van der Waals surface area contributed by atoms with E-state index in [2.05, 4.69) is 0 Å². The molecule has 0 amide bonds. The molecule has 0 spiro atoms. The third-order valence-corrected chi connectivity index (χ3v) is 3.10. The van der Waals surface area contributed by atoms with Gasteiger partial charge in [0.1, 0.15) is 5.82 Å². The highest BCUT2D eigenvalue weighted by Crippen LogP contribution is 2.18. The number of Topliss-reactive ketones (excluding diaryl/α,β-unsaturated/α-hetero) is 1. The highest BCUT2D eigenvalue weighted by Gasteiger charge is 2.08. The van der Waals surface area contributed by atoms with Crippen LogP contribution in [0.2, 0.25) is 0 Å². The Morgan fingerprint density at radius 2 is 1.79 bits per heavy atom. The second-order valence-corrected chi connectivity index (χ2v) is 4.77. The van der Waals surface area contributed by atoms with Crippen molar-refractivity contribution in [2.45, 2.75) is 0 Å². The lowest BCUT2D eigenvalue weighted by Crippen LogP contribution is -2.12. The minimum Gasteiger partial charge on any atom is -0.494 e. The van der Waals surface area contributed by atoms with Crippen molar-refractivity contribution in [1.82, 2.24) is 0 Å². The quantitative estimate of drug-likeness (QED) is 0.462. The van der Waals surface area contributed by atoms with Crippen molar-refractivity contribution < 1.29 is 27.8 Å². The molecule has 0 aromatic heterocycles. The van der Waals surface area contributed by atoms with Crippen molar-refractivity contribution in [2.24, 2.45) is 0 Å². The molecule has 0 saturated carbocycles. The average Bonchev–Trinajstić information content (AvgIpc) is 2.58. The molecule has 0 radical (unpaired) electrons. The highest BCUT2D eigenvalue weighted by molar-refractivity contribution is 5.98. The maximum absolute atomic E-state index is 13.5. The van der Waals surface area contributed by atoms with E-state index >= 15 is 0 Å². The number of esters is 1. The largest absolute Gasteiger partial charge is 0.494 e. The summed E-state index contributed by atoms with van der Waals surface area (Å²) in [5.41, 5.74) is 0.681. The fourth-order valence-electron chi connectivity index (χ4n) is 1.85. The summed E-state index contributed by atoms with van der Waals surface area (Å²) in [6.07, 6.45) is 2.44. The Bertz CT molecular complexity index is 767. The smallest absolute Gasteiger partial charge is 0.331 e. The van der Waals surface area contributed by atoms with Crippen LogP contribution in [-0.4, -0.2) is 25.5 Å². The van der Waals surface area contributed by atoms with Gasteiger partial charge in [0.05, 0.1) is 7.11 Å². The number of methoxy groups -OCH3 is 1. The van der Waals surface area contributed by atoms with Gasteiger partial charge in [-0.05, 0) is 48.0 Å². The molecule has 0 heterocycles. The van der Waals surface area contributed by atoms with Crippen LogP contribution in [0.5, 0.6) is 5.75 Å². The minimum absolute atomic E-state index is 0.0969. The van der Waals surface area contributed by atoms with E-state index in [1.807, 2.05) is 0 Å². The molecule has 0 saturated heterocycles. The van der Waals surface area contributed by atoms with E-state index in [-0.39, 0.29) is 11.3 Å². The Labute approximate surface area is 137 Å². The molecule has 0 fully saturated rings. The monoisotopic (exact) mass is 332 g/mol. The number of carbonyl (C=O) groups is 2. The molecule has 0 aliphatic rings. The molecule has 6 heteroatoms. The maximum Gasteiger partial charge on any atom is 0.331 e. The molecule has 0 N–H and O–H groups in total. The number of ketones is 1. The van der Waals surface area contributed by atoms with Crippen LogP contribution < -0.4 is 4.74 Å². The van der Waals surface area contributed by atoms with Gasteiger partial charge in [0.2, 0.25) is 0 Å². The first-order valence-electron chi connectivity index (χ1n) is 6.97. The molecule has 0 bridgehead atoms. The highest BCUT2D eigenvalue weighted by atomic mass is 19.1. The van der Waals surface area contributed by atoms with Crippen molar-refractivity contribution in [3.63, 3.8) is 0 Å².